The van der Waals surface area contributed by atoms with Crippen molar-refractivity contribution in [1.29, 1.82) is 5.41 Å². The van der Waals surface area contributed by atoms with Crippen LogP contribution in [0.4, 0.5) is 11.4 Å². The Hall–Kier alpha value is -2.89. The number of nitrogens with zero attached hydrogens (tertiary/aromatic N) is 3. The lowest BCUT2D eigenvalue weighted by molar-refractivity contribution is 0.247. The molecule has 2 aromatic heterocycles. The van der Waals surface area contributed by atoms with Crippen molar-refractivity contribution < 1.29 is 0 Å². The summed E-state index contributed by atoms with van der Waals surface area (Å²) < 4.78 is 1.86. The number of rotatable bonds is 2. The maximum Gasteiger partial charge on any atom is 0.154 e. The van der Waals surface area contributed by atoms with Crippen molar-refractivity contribution in [2.45, 2.75) is 31.2 Å². The first-order valence-corrected chi connectivity index (χ1v) is 9.73. The first kappa shape index (κ1) is 15.2. The van der Waals surface area contributed by atoms with Crippen LogP contribution in [0.15, 0.2) is 36.8 Å². The highest BCUT2D eigenvalue weighted by atomic mass is 15.2. The van der Waals surface area contributed by atoms with E-state index in [9.17, 15) is 0 Å². The van der Waals surface area contributed by atoms with Gasteiger partial charge in [0.05, 0.1) is 12.2 Å². The van der Waals surface area contributed by atoms with E-state index in [1.807, 2.05) is 22.8 Å². The Balaban J connectivity index is 1.54. The van der Waals surface area contributed by atoms with Crippen molar-refractivity contribution in [3.8, 4) is 0 Å². The molecule has 2 bridgehead atoms. The maximum absolute atomic E-state index is 7.94. The fourth-order valence-electron chi connectivity index (χ4n) is 6.10. The van der Waals surface area contributed by atoms with Crippen LogP contribution in [0.5, 0.6) is 0 Å². The number of aromatic nitrogens is 3. The van der Waals surface area contributed by atoms with Gasteiger partial charge in [-0.2, -0.15) is 5.10 Å². The molecule has 0 spiro atoms. The third kappa shape index (κ3) is 1.98. The van der Waals surface area contributed by atoms with E-state index in [4.69, 9.17) is 11.1 Å². The van der Waals surface area contributed by atoms with Gasteiger partial charge in [0.15, 0.2) is 5.65 Å². The molecule has 1 aromatic carbocycles. The molecule has 5 unspecified atom stereocenters. The van der Waals surface area contributed by atoms with E-state index >= 15 is 0 Å². The Labute approximate surface area is 157 Å². The summed E-state index contributed by atoms with van der Waals surface area (Å²) in [5, 5.41) is 16.1. The molecule has 3 aromatic rings. The highest BCUT2D eigenvalue weighted by molar-refractivity contribution is 5.91. The van der Waals surface area contributed by atoms with Gasteiger partial charge in [-0.05, 0) is 60.6 Å². The minimum Gasteiger partial charge on any atom is -0.398 e. The molecule has 0 amide bonds. The highest BCUT2D eigenvalue weighted by Gasteiger charge is 2.54. The summed E-state index contributed by atoms with van der Waals surface area (Å²) in [7, 11) is 0. The molecule has 27 heavy (non-hydrogen) atoms. The van der Waals surface area contributed by atoms with Crippen LogP contribution >= 0.6 is 0 Å². The molecule has 4 N–H and O–H groups in total. The Morgan fingerprint density at radius 2 is 2.11 bits per heavy atom. The zero-order valence-electron chi connectivity index (χ0n) is 15.0. The zero-order chi connectivity index (χ0) is 18.1. The van der Waals surface area contributed by atoms with E-state index in [2.05, 4.69) is 27.7 Å². The molecule has 2 saturated carbocycles. The van der Waals surface area contributed by atoms with E-state index in [0.717, 1.165) is 22.8 Å². The van der Waals surface area contributed by atoms with E-state index in [-0.39, 0.29) is 6.04 Å². The first-order valence-electron chi connectivity index (χ1n) is 9.73. The molecular formula is C21H22N6. The van der Waals surface area contributed by atoms with Gasteiger partial charge < -0.3 is 16.5 Å². The molecule has 1 aliphatic heterocycles. The second-order valence-corrected chi connectivity index (χ2v) is 8.25. The van der Waals surface area contributed by atoms with Gasteiger partial charge in [0, 0.05) is 47.2 Å². The SMILES string of the molecule is N=Cc1c(N)ccc2c1C1C3CCC(C3)C1C(c1cnc3ccnn3c1)N2. The van der Waals surface area contributed by atoms with Crippen molar-refractivity contribution in [3.63, 3.8) is 0 Å². The molecule has 6 heteroatoms. The largest absolute Gasteiger partial charge is 0.398 e. The minimum absolute atomic E-state index is 0.223. The predicted molar refractivity (Wildman–Crippen MR) is 105 cm³/mol. The molecule has 6 nitrogen and oxygen atoms in total. The summed E-state index contributed by atoms with van der Waals surface area (Å²) in [6, 6.07) is 6.16. The fraction of sp³-hybridized carbons (Fsp3) is 0.381. The Kier molecular flexibility index (Phi) is 2.99. The van der Waals surface area contributed by atoms with Crippen LogP contribution in [-0.2, 0) is 0 Å². The lowest BCUT2D eigenvalue weighted by Gasteiger charge is -2.44. The molecule has 136 valence electrons. The number of nitrogens with two attached hydrogens (primary N) is 1. The molecule has 0 saturated heterocycles. The zero-order valence-corrected chi connectivity index (χ0v) is 15.0. The maximum atomic E-state index is 7.94. The van der Waals surface area contributed by atoms with E-state index in [1.54, 1.807) is 6.20 Å². The highest BCUT2D eigenvalue weighted by Crippen LogP contribution is 2.64. The molecule has 0 radical (unpaired) electrons. The van der Waals surface area contributed by atoms with Gasteiger partial charge in [-0.15, -0.1) is 0 Å². The topological polar surface area (TPSA) is 92.1 Å². The first-order chi connectivity index (χ1) is 13.2. The predicted octanol–water partition coefficient (Wildman–Crippen LogP) is 3.61. The summed E-state index contributed by atoms with van der Waals surface area (Å²) in [6.07, 6.45) is 11.2. The summed E-state index contributed by atoms with van der Waals surface area (Å²) >= 11 is 0. The van der Waals surface area contributed by atoms with Crippen LogP contribution in [0, 0.1) is 23.2 Å². The van der Waals surface area contributed by atoms with Crippen molar-refractivity contribution in [2.24, 2.45) is 17.8 Å². The third-order valence-electron chi connectivity index (χ3n) is 7.10. The number of hydrogen-bond donors (Lipinski definition) is 3. The number of fused-ring (bicyclic) bond motifs is 8. The second kappa shape index (κ2) is 5.31. The monoisotopic (exact) mass is 358 g/mol. The number of benzene rings is 1. The van der Waals surface area contributed by atoms with Crippen molar-refractivity contribution in [3.05, 3.63) is 53.5 Å². The van der Waals surface area contributed by atoms with Crippen LogP contribution in [0.3, 0.4) is 0 Å². The molecule has 3 aliphatic rings. The molecule has 2 aliphatic carbocycles. The van der Waals surface area contributed by atoms with Crippen LogP contribution in [0.1, 0.15) is 47.9 Å². The quantitative estimate of drug-likeness (QED) is 0.482. The summed E-state index contributed by atoms with van der Waals surface area (Å²) in [4.78, 5) is 4.60. The van der Waals surface area contributed by atoms with E-state index < -0.39 is 0 Å². The molecular weight excluding hydrogens is 336 g/mol. The second-order valence-electron chi connectivity index (χ2n) is 8.25. The standard InChI is InChI=1S/C21H22N6/c22-8-14-15(23)3-4-16-20(14)18-11-1-2-12(7-11)19(18)21(26-16)13-9-24-17-5-6-25-27(17)10-13/h3-6,8-12,18-19,21-22,26H,1-2,7,23H2. The Morgan fingerprint density at radius 3 is 3.00 bits per heavy atom. The van der Waals surface area contributed by atoms with E-state index in [0.29, 0.717) is 23.4 Å². The smallest absolute Gasteiger partial charge is 0.154 e. The lowest BCUT2D eigenvalue weighted by Crippen LogP contribution is -2.36. The van der Waals surface area contributed by atoms with Gasteiger partial charge in [0.25, 0.3) is 0 Å². The molecule has 6 rings (SSSR count). The van der Waals surface area contributed by atoms with E-state index in [1.165, 1.54) is 36.6 Å². The molecule has 3 heterocycles. The van der Waals surface area contributed by atoms with Gasteiger partial charge in [-0.25, -0.2) is 9.50 Å². The molecule has 2 fully saturated rings. The van der Waals surface area contributed by atoms with Crippen LogP contribution < -0.4 is 11.1 Å². The molecule has 5 atom stereocenters. The Morgan fingerprint density at radius 1 is 1.22 bits per heavy atom. The third-order valence-corrected chi connectivity index (χ3v) is 7.10. The fourth-order valence-corrected chi connectivity index (χ4v) is 6.10. The summed E-state index contributed by atoms with van der Waals surface area (Å²) in [5.74, 6) is 2.41. The van der Waals surface area contributed by atoms with Crippen LogP contribution in [0.2, 0.25) is 0 Å². The average molecular weight is 358 g/mol. The van der Waals surface area contributed by atoms with Crippen molar-refractivity contribution >= 4 is 23.2 Å². The lowest BCUT2D eigenvalue weighted by atomic mass is 9.67. The van der Waals surface area contributed by atoms with Gasteiger partial charge >= 0.3 is 0 Å². The summed E-state index contributed by atoms with van der Waals surface area (Å²) in [5.41, 5.74) is 12.3. The van der Waals surface area contributed by atoms with Crippen LogP contribution in [-0.4, -0.2) is 20.8 Å². The Bertz CT molecular complexity index is 1070. The normalized spacial score (nSPS) is 30.7. The number of hydrogen-bond acceptors (Lipinski definition) is 5. The van der Waals surface area contributed by atoms with Gasteiger partial charge in [-0.1, -0.05) is 0 Å². The van der Waals surface area contributed by atoms with Gasteiger partial charge in [0.1, 0.15) is 0 Å². The van der Waals surface area contributed by atoms with Crippen molar-refractivity contribution in [1.82, 2.24) is 14.6 Å². The van der Waals surface area contributed by atoms with Crippen LogP contribution in [0.25, 0.3) is 5.65 Å². The number of nitrogens with one attached hydrogen (secondary N) is 2. The number of anilines is 2. The summed E-state index contributed by atoms with van der Waals surface area (Å²) in [6.45, 7) is 0. The van der Waals surface area contributed by atoms with Crippen molar-refractivity contribution in [2.75, 3.05) is 11.1 Å². The van der Waals surface area contributed by atoms with Gasteiger partial charge in [0.2, 0.25) is 0 Å². The van der Waals surface area contributed by atoms with Gasteiger partial charge in [-0.3, -0.25) is 0 Å². The number of nitrogen functional groups attached to an aromatic ring is 1. The average Bonchev–Trinajstić information content (AvgIpc) is 3.42. The minimum atomic E-state index is 0.223.